The van der Waals surface area contributed by atoms with Gasteiger partial charge >= 0.3 is 0 Å². The average Bonchev–Trinajstić information content (AvgIpc) is 3.58. The first-order chi connectivity index (χ1) is 24.8. The van der Waals surface area contributed by atoms with Crippen LogP contribution in [-0.2, 0) is 23.9 Å². The predicted octanol–water partition coefficient (Wildman–Crippen LogP) is 4.29. The van der Waals surface area contributed by atoms with E-state index in [-0.39, 0.29) is 47.8 Å². The molecule has 0 aromatic carbocycles. The van der Waals surface area contributed by atoms with Crippen molar-refractivity contribution < 1.29 is 23.9 Å². The number of nitrogens with one attached hydrogen (secondary N) is 5. The molecule has 51 heavy (non-hydrogen) atoms. The Balaban J connectivity index is 1.23. The zero-order valence-electron chi connectivity index (χ0n) is 31.4. The smallest absolute Gasteiger partial charge is 0.243 e. The molecule has 11 heteroatoms. The molecule has 4 bridgehead atoms. The van der Waals surface area contributed by atoms with Gasteiger partial charge in [-0.15, -0.1) is 0 Å². The summed E-state index contributed by atoms with van der Waals surface area (Å²) in [5.41, 5.74) is 0. The minimum atomic E-state index is -0.766. The molecule has 0 aromatic heterocycles. The first-order valence-electron chi connectivity index (χ1n) is 21.0. The number of carbonyl (C=O) groups excluding carboxylic acids is 4. The Kier molecular flexibility index (Phi) is 14.5. The summed E-state index contributed by atoms with van der Waals surface area (Å²) in [5, 5.41) is 15.9. The van der Waals surface area contributed by atoms with E-state index in [1.807, 2.05) is 7.05 Å². The molecular weight excluding hydrogens is 644 g/mol. The fraction of sp³-hybridized carbons (Fsp3) is 0.900. The van der Waals surface area contributed by atoms with Crippen molar-refractivity contribution in [1.82, 2.24) is 31.5 Å². The fourth-order valence-corrected chi connectivity index (χ4v) is 10.2. The lowest BCUT2D eigenvalue weighted by Gasteiger charge is -2.37. The number of rotatable bonds is 8. The number of hydrogen-bond acceptors (Lipinski definition) is 7. The number of amides is 4. The molecule has 5 unspecified atom stereocenters. The van der Waals surface area contributed by atoms with E-state index in [1.54, 1.807) is 0 Å². The molecule has 6 aliphatic rings. The molecule has 2 aliphatic heterocycles. The third kappa shape index (κ3) is 11.6. The van der Waals surface area contributed by atoms with Crippen molar-refractivity contribution >= 4 is 23.6 Å². The van der Waals surface area contributed by atoms with E-state index in [4.69, 9.17) is 4.74 Å². The van der Waals surface area contributed by atoms with Gasteiger partial charge in [-0.25, -0.2) is 0 Å². The van der Waals surface area contributed by atoms with Gasteiger partial charge in [0.1, 0.15) is 24.2 Å². The lowest BCUT2D eigenvalue weighted by Crippen LogP contribution is -2.58. The maximum Gasteiger partial charge on any atom is 0.243 e. The number of likely N-dealkylation sites (N-methyl/N-ethyl adjacent to an activating group) is 1. The molecule has 5 N–H and O–H groups in total. The molecule has 288 valence electrons. The molecule has 0 aromatic rings. The maximum absolute atomic E-state index is 14.3. The van der Waals surface area contributed by atoms with Gasteiger partial charge < -0.3 is 26.0 Å². The topological polar surface area (TPSA) is 141 Å². The van der Waals surface area contributed by atoms with E-state index >= 15 is 0 Å². The number of carbonyl (C=O) groups is 4. The second kappa shape index (κ2) is 19.2. The van der Waals surface area contributed by atoms with Crippen LogP contribution in [0.1, 0.15) is 141 Å². The number of ether oxygens (including phenoxy) is 1. The summed E-state index contributed by atoms with van der Waals surface area (Å²) in [6.45, 7) is 1.86. The molecule has 11 nitrogen and oxygen atoms in total. The normalized spacial score (nSPS) is 35.4. The van der Waals surface area contributed by atoms with Gasteiger partial charge in [-0.2, -0.15) is 0 Å². The van der Waals surface area contributed by atoms with Gasteiger partial charge in [-0.05, 0) is 94.9 Å². The maximum atomic E-state index is 14.3. The zero-order valence-corrected chi connectivity index (χ0v) is 31.4. The number of nitrogens with zero attached hydrogens (tertiary/aromatic N) is 1. The van der Waals surface area contributed by atoms with Crippen LogP contribution < -0.4 is 26.6 Å². The largest absolute Gasteiger partial charge is 0.375 e. The highest BCUT2D eigenvalue weighted by Crippen LogP contribution is 2.36. The molecule has 6 fully saturated rings. The monoisotopic (exact) mass is 713 g/mol. The lowest BCUT2D eigenvalue weighted by atomic mass is 9.81. The van der Waals surface area contributed by atoms with Crippen molar-refractivity contribution in [2.45, 2.75) is 178 Å². The van der Waals surface area contributed by atoms with Crippen molar-refractivity contribution in [3.8, 4) is 0 Å². The minimum absolute atomic E-state index is 0.107. The van der Waals surface area contributed by atoms with Gasteiger partial charge in [0.05, 0.1) is 12.2 Å². The van der Waals surface area contributed by atoms with Crippen LogP contribution in [0.25, 0.3) is 0 Å². The SMILES string of the molecule is CN1CNC(C(=O)N[C@H]2CC3CCCC(C3)OC3CCCC(C3)C[C@@H](C(=O)NCC3CCCCC3)NC(=O)[C@H](CCC3CCCCC3)NC2=O)C1. The number of hydrogen-bond donors (Lipinski definition) is 5. The van der Waals surface area contributed by atoms with E-state index in [2.05, 4.69) is 31.5 Å². The lowest BCUT2D eigenvalue weighted by molar-refractivity contribution is -0.135. The van der Waals surface area contributed by atoms with Gasteiger partial charge in [-0.3, -0.25) is 29.4 Å². The van der Waals surface area contributed by atoms with Gasteiger partial charge in [0, 0.05) is 19.8 Å². The summed E-state index contributed by atoms with van der Waals surface area (Å²) in [5.74, 6) is 0.702. The summed E-state index contributed by atoms with van der Waals surface area (Å²) in [6.07, 6.45) is 22.7. The van der Waals surface area contributed by atoms with E-state index in [9.17, 15) is 19.2 Å². The Bertz CT molecular complexity index is 1160. The molecule has 2 heterocycles. The van der Waals surface area contributed by atoms with Gasteiger partial charge in [-0.1, -0.05) is 77.0 Å². The van der Waals surface area contributed by atoms with Crippen LogP contribution >= 0.6 is 0 Å². The van der Waals surface area contributed by atoms with Crippen molar-refractivity contribution in [3.05, 3.63) is 0 Å². The molecule has 0 radical (unpaired) electrons. The van der Waals surface area contributed by atoms with Crippen molar-refractivity contribution in [2.75, 3.05) is 26.8 Å². The van der Waals surface area contributed by atoms with Crippen molar-refractivity contribution in [3.63, 3.8) is 0 Å². The molecule has 8 atom stereocenters. The molecule has 0 spiro atoms. The summed E-state index contributed by atoms with van der Waals surface area (Å²) >= 11 is 0. The molecule has 4 aliphatic carbocycles. The van der Waals surface area contributed by atoms with Gasteiger partial charge in [0.15, 0.2) is 0 Å². The third-order valence-corrected chi connectivity index (χ3v) is 13.2. The highest BCUT2D eigenvalue weighted by Gasteiger charge is 2.37. The molecule has 2 saturated heterocycles. The zero-order chi connectivity index (χ0) is 35.6. The van der Waals surface area contributed by atoms with Crippen molar-refractivity contribution in [2.24, 2.45) is 23.7 Å². The second-order valence-electron chi connectivity index (χ2n) is 17.4. The Hall–Kier alpha value is -2.24. The van der Waals surface area contributed by atoms with Crippen LogP contribution in [-0.4, -0.2) is 91.7 Å². The van der Waals surface area contributed by atoms with Gasteiger partial charge in [0.25, 0.3) is 0 Å². The first-order valence-corrected chi connectivity index (χ1v) is 21.0. The minimum Gasteiger partial charge on any atom is -0.375 e. The summed E-state index contributed by atoms with van der Waals surface area (Å²) < 4.78 is 6.79. The van der Waals surface area contributed by atoms with Crippen molar-refractivity contribution in [1.29, 1.82) is 0 Å². The van der Waals surface area contributed by atoms with Crippen LogP contribution in [0.4, 0.5) is 0 Å². The van der Waals surface area contributed by atoms with Crippen LogP contribution in [0, 0.1) is 23.7 Å². The number of fused-ring (bicyclic) bond motifs is 4. The third-order valence-electron chi connectivity index (χ3n) is 13.2. The highest BCUT2D eigenvalue weighted by atomic mass is 16.5. The van der Waals surface area contributed by atoms with E-state index in [0.717, 1.165) is 83.5 Å². The Morgan fingerprint density at radius 2 is 1.33 bits per heavy atom. The first kappa shape index (κ1) is 38.5. The molecule has 4 saturated carbocycles. The van der Waals surface area contributed by atoms with Crippen LogP contribution in [0.5, 0.6) is 0 Å². The molecule has 4 amide bonds. The quantitative estimate of drug-likeness (QED) is 0.253. The highest BCUT2D eigenvalue weighted by molar-refractivity contribution is 5.95. The van der Waals surface area contributed by atoms with Gasteiger partial charge in [0.2, 0.25) is 23.6 Å². The fourth-order valence-electron chi connectivity index (χ4n) is 10.2. The second-order valence-corrected chi connectivity index (χ2v) is 17.4. The Morgan fingerprint density at radius 1 is 0.686 bits per heavy atom. The van der Waals surface area contributed by atoms with Crippen LogP contribution in [0.15, 0.2) is 0 Å². The molecular formula is C40H68N6O5. The summed E-state index contributed by atoms with van der Waals surface area (Å²) in [4.78, 5) is 58.1. The summed E-state index contributed by atoms with van der Waals surface area (Å²) in [6, 6.07) is -2.56. The van der Waals surface area contributed by atoms with E-state index < -0.39 is 18.1 Å². The van der Waals surface area contributed by atoms with E-state index in [0.29, 0.717) is 56.8 Å². The van der Waals surface area contributed by atoms with E-state index in [1.165, 1.54) is 38.5 Å². The van der Waals surface area contributed by atoms with Crippen LogP contribution in [0.3, 0.4) is 0 Å². The molecule has 6 rings (SSSR count). The Morgan fingerprint density at radius 3 is 1.98 bits per heavy atom. The Labute approximate surface area is 306 Å². The standard InChI is InChI=1S/C40H68N6O5/c1-46-25-36(42-26-46)40(50)45-35-23-30-15-9-17-32(21-30)51-31-16-8-14-29(20-31)22-34(37(47)41-24-28-12-6-3-7-13-28)44-38(48)33(43-39(35)49)19-18-27-10-4-2-5-11-27/h27-36,42H,2-26H2,1H3,(H,41,47)(H,43,49)(H,44,48)(H,45,50)/t29?,30?,31?,32?,33-,34-,35-,36?/m0/s1. The average molecular weight is 713 g/mol. The summed E-state index contributed by atoms with van der Waals surface area (Å²) in [7, 11) is 1.97. The van der Waals surface area contributed by atoms with Crippen LogP contribution in [0.2, 0.25) is 0 Å². The predicted molar refractivity (Wildman–Crippen MR) is 197 cm³/mol.